The summed E-state index contributed by atoms with van der Waals surface area (Å²) in [4.78, 5) is 24.6. The molecule has 0 spiro atoms. The van der Waals surface area contributed by atoms with Crippen molar-refractivity contribution in [1.82, 2.24) is 15.1 Å². The summed E-state index contributed by atoms with van der Waals surface area (Å²) < 4.78 is 38.3. The van der Waals surface area contributed by atoms with Gasteiger partial charge in [-0.1, -0.05) is 0 Å². The van der Waals surface area contributed by atoms with Gasteiger partial charge in [0.15, 0.2) is 17.3 Å². The summed E-state index contributed by atoms with van der Waals surface area (Å²) in [5.41, 5.74) is -0.999. The van der Waals surface area contributed by atoms with E-state index in [0.29, 0.717) is 5.76 Å². The Morgan fingerprint density at radius 3 is 2.74 bits per heavy atom. The summed E-state index contributed by atoms with van der Waals surface area (Å²) in [6.07, 6.45) is 1.45. The third-order valence-corrected chi connectivity index (χ3v) is 3.56. The van der Waals surface area contributed by atoms with E-state index >= 15 is 0 Å². The van der Waals surface area contributed by atoms with Crippen molar-refractivity contribution >= 4 is 5.91 Å². The van der Waals surface area contributed by atoms with Gasteiger partial charge in [-0.05, 0) is 31.2 Å². The van der Waals surface area contributed by atoms with Crippen molar-refractivity contribution in [3.05, 3.63) is 76.0 Å². The number of hydrogen-bond donors (Lipinski definition) is 1. The van der Waals surface area contributed by atoms with Crippen LogP contribution in [0.5, 0.6) is 5.88 Å². The molecule has 2 heterocycles. The van der Waals surface area contributed by atoms with E-state index in [1.807, 2.05) is 0 Å². The molecule has 3 aromatic rings. The number of furan rings is 1. The van der Waals surface area contributed by atoms with Crippen LogP contribution >= 0.6 is 0 Å². The van der Waals surface area contributed by atoms with Crippen LogP contribution in [0.15, 0.2) is 51.9 Å². The first-order chi connectivity index (χ1) is 13.0. The molecule has 0 radical (unpaired) electrons. The maximum atomic E-state index is 13.6. The number of ether oxygens (including phenoxy) is 1. The van der Waals surface area contributed by atoms with Crippen LogP contribution in [0, 0.1) is 11.6 Å². The van der Waals surface area contributed by atoms with Crippen LogP contribution < -0.4 is 15.5 Å². The zero-order valence-corrected chi connectivity index (χ0v) is 14.2. The fourth-order valence-corrected chi connectivity index (χ4v) is 2.31. The number of nitrogens with one attached hydrogen (secondary N) is 1. The van der Waals surface area contributed by atoms with Gasteiger partial charge in [0.05, 0.1) is 31.2 Å². The first-order valence-corrected chi connectivity index (χ1v) is 8.02. The number of benzene rings is 1. The number of amides is 1. The van der Waals surface area contributed by atoms with Crippen LogP contribution in [0.4, 0.5) is 8.78 Å². The average Bonchev–Trinajstić information content (AvgIpc) is 3.16. The van der Waals surface area contributed by atoms with E-state index in [9.17, 15) is 18.4 Å². The quantitative estimate of drug-likeness (QED) is 0.715. The van der Waals surface area contributed by atoms with Gasteiger partial charge in [0.2, 0.25) is 11.3 Å². The Morgan fingerprint density at radius 1 is 1.26 bits per heavy atom. The SMILES string of the molecule is CCOc1cc(=O)c(C(=O)NCc2ccco2)nn1-c1ccc(F)c(F)c1. The Kier molecular flexibility index (Phi) is 5.30. The monoisotopic (exact) mass is 375 g/mol. The predicted molar refractivity (Wildman–Crippen MR) is 90.8 cm³/mol. The lowest BCUT2D eigenvalue weighted by atomic mass is 10.3. The molecule has 1 aromatic carbocycles. The number of nitrogens with zero attached hydrogens (tertiary/aromatic N) is 2. The summed E-state index contributed by atoms with van der Waals surface area (Å²) in [6, 6.07) is 7.44. The van der Waals surface area contributed by atoms with Gasteiger partial charge in [-0.15, -0.1) is 0 Å². The lowest BCUT2D eigenvalue weighted by Crippen LogP contribution is -2.31. The molecular weight excluding hydrogens is 360 g/mol. The molecule has 2 aromatic heterocycles. The summed E-state index contributed by atoms with van der Waals surface area (Å²) in [7, 11) is 0. The van der Waals surface area contributed by atoms with E-state index < -0.39 is 28.7 Å². The van der Waals surface area contributed by atoms with E-state index in [4.69, 9.17) is 9.15 Å². The minimum atomic E-state index is -1.10. The third-order valence-electron chi connectivity index (χ3n) is 3.56. The maximum Gasteiger partial charge on any atom is 0.276 e. The minimum Gasteiger partial charge on any atom is -0.478 e. The molecule has 27 heavy (non-hydrogen) atoms. The smallest absolute Gasteiger partial charge is 0.276 e. The number of carbonyl (C=O) groups is 1. The van der Waals surface area contributed by atoms with E-state index in [1.165, 1.54) is 12.3 Å². The molecule has 7 nitrogen and oxygen atoms in total. The van der Waals surface area contributed by atoms with Gasteiger partial charge in [0, 0.05) is 6.07 Å². The molecule has 0 saturated carbocycles. The van der Waals surface area contributed by atoms with Gasteiger partial charge < -0.3 is 14.5 Å². The highest BCUT2D eigenvalue weighted by molar-refractivity contribution is 5.92. The molecule has 9 heteroatoms. The minimum absolute atomic E-state index is 0.00362. The van der Waals surface area contributed by atoms with Crippen molar-refractivity contribution in [2.75, 3.05) is 6.61 Å². The highest BCUT2D eigenvalue weighted by Gasteiger charge is 2.18. The van der Waals surface area contributed by atoms with Crippen LogP contribution in [0.1, 0.15) is 23.2 Å². The van der Waals surface area contributed by atoms with Crippen LogP contribution in [-0.4, -0.2) is 22.3 Å². The van der Waals surface area contributed by atoms with Crippen molar-refractivity contribution in [3.63, 3.8) is 0 Å². The van der Waals surface area contributed by atoms with E-state index in [0.717, 1.165) is 22.9 Å². The van der Waals surface area contributed by atoms with Gasteiger partial charge >= 0.3 is 0 Å². The molecule has 3 rings (SSSR count). The summed E-state index contributed by atoms with van der Waals surface area (Å²) in [5, 5.41) is 6.49. The van der Waals surface area contributed by atoms with Crippen LogP contribution in [-0.2, 0) is 6.54 Å². The molecule has 0 bridgehead atoms. The largest absolute Gasteiger partial charge is 0.478 e. The molecule has 0 atom stereocenters. The van der Waals surface area contributed by atoms with Gasteiger partial charge in [0.25, 0.3) is 5.91 Å². The second kappa shape index (κ2) is 7.81. The van der Waals surface area contributed by atoms with Gasteiger partial charge in [-0.2, -0.15) is 5.10 Å². The summed E-state index contributed by atoms with van der Waals surface area (Å²) in [5.74, 6) is -2.38. The number of halogens is 2. The van der Waals surface area contributed by atoms with Crippen molar-refractivity contribution in [2.45, 2.75) is 13.5 Å². The molecular formula is C18H15F2N3O4. The number of aromatic nitrogens is 2. The Morgan fingerprint density at radius 2 is 2.07 bits per heavy atom. The van der Waals surface area contributed by atoms with Gasteiger partial charge in [-0.3, -0.25) is 9.59 Å². The molecule has 0 aliphatic rings. The first-order valence-electron chi connectivity index (χ1n) is 8.02. The summed E-state index contributed by atoms with van der Waals surface area (Å²) >= 11 is 0. The second-order valence-electron chi connectivity index (χ2n) is 5.40. The topological polar surface area (TPSA) is 86.4 Å². The fourth-order valence-electron chi connectivity index (χ4n) is 2.31. The molecule has 0 aliphatic heterocycles. The highest BCUT2D eigenvalue weighted by atomic mass is 19.2. The van der Waals surface area contributed by atoms with Gasteiger partial charge in [0.1, 0.15) is 5.76 Å². The highest BCUT2D eigenvalue weighted by Crippen LogP contribution is 2.18. The molecule has 1 amide bonds. The van der Waals surface area contributed by atoms with Crippen molar-refractivity contribution in [2.24, 2.45) is 0 Å². The van der Waals surface area contributed by atoms with Crippen molar-refractivity contribution in [1.29, 1.82) is 0 Å². The zero-order chi connectivity index (χ0) is 19.4. The lowest BCUT2D eigenvalue weighted by Gasteiger charge is -2.13. The molecule has 140 valence electrons. The number of rotatable bonds is 6. The van der Waals surface area contributed by atoms with Crippen molar-refractivity contribution < 1.29 is 22.7 Å². The average molecular weight is 375 g/mol. The molecule has 1 N–H and O–H groups in total. The number of hydrogen-bond acceptors (Lipinski definition) is 5. The summed E-state index contributed by atoms with van der Waals surface area (Å²) in [6.45, 7) is 1.95. The third kappa shape index (κ3) is 4.02. The van der Waals surface area contributed by atoms with Crippen LogP contribution in [0.25, 0.3) is 5.69 Å². The molecule has 0 fully saturated rings. The predicted octanol–water partition coefficient (Wildman–Crippen LogP) is 2.43. The first kappa shape index (κ1) is 18.3. The number of carbonyl (C=O) groups excluding carboxylic acids is 1. The second-order valence-corrected chi connectivity index (χ2v) is 5.40. The van der Waals surface area contributed by atoms with E-state index in [-0.39, 0.29) is 24.7 Å². The van der Waals surface area contributed by atoms with E-state index in [2.05, 4.69) is 10.4 Å². The molecule has 0 saturated heterocycles. The Hall–Kier alpha value is -3.49. The standard InChI is InChI=1S/C18H15F2N3O4/c1-2-26-16-9-15(24)17(18(25)21-10-12-4-3-7-27-12)22-23(16)11-5-6-13(19)14(20)8-11/h3-9H,2,10H2,1H3,(H,21,25). The fraction of sp³-hybridized carbons (Fsp3) is 0.167. The Bertz CT molecular complexity index is 1020. The van der Waals surface area contributed by atoms with Crippen LogP contribution in [0.2, 0.25) is 0 Å². The normalized spacial score (nSPS) is 10.6. The zero-order valence-electron chi connectivity index (χ0n) is 14.2. The molecule has 0 unspecified atom stereocenters. The lowest BCUT2D eigenvalue weighted by molar-refractivity contribution is 0.0939. The van der Waals surface area contributed by atoms with Crippen LogP contribution in [0.3, 0.4) is 0 Å². The molecule has 0 aliphatic carbocycles. The Labute approximate surface area is 152 Å². The maximum absolute atomic E-state index is 13.6. The van der Waals surface area contributed by atoms with E-state index in [1.54, 1.807) is 19.1 Å². The van der Waals surface area contributed by atoms with Gasteiger partial charge in [-0.25, -0.2) is 13.5 Å². The van der Waals surface area contributed by atoms with Crippen molar-refractivity contribution in [3.8, 4) is 11.6 Å². The Balaban J connectivity index is 1.98.